The van der Waals surface area contributed by atoms with E-state index in [2.05, 4.69) is 15.5 Å². The van der Waals surface area contributed by atoms with Crippen LogP contribution < -0.4 is 5.32 Å². The molecule has 0 unspecified atom stereocenters. The van der Waals surface area contributed by atoms with Crippen LogP contribution in [0.15, 0.2) is 22.6 Å². The molecule has 0 radical (unpaired) electrons. The Morgan fingerprint density at radius 1 is 1.44 bits per heavy atom. The lowest BCUT2D eigenvalue weighted by Crippen LogP contribution is -2.00. The van der Waals surface area contributed by atoms with E-state index in [1.165, 1.54) is 12.1 Å². The molecule has 1 aromatic carbocycles. The highest BCUT2D eigenvalue weighted by atomic mass is 35.5. The van der Waals surface area contributed by atoms with Gasteiger partial charge in [0.2, 0.25) is 5.89 Å². The van der Waals surface area contributed by atoms with Crippen molar-refractivity contribution in [3.05, 3.63) is 40.5 Å². The normalized spacial score (nSPS) is 10.4. The third-order valence-electron chi connectivity index (χ3n) is 1.97. The Kier molecular flexibility index (Phi) is 3.05. The first-order chi connectivity index (χ1) is 7.65. The number of anilines is 1. The first kappa shape index (κ1) is 10.9. The van der Waals surface area contributed by atoms with E-state index in [9.17, 15) is 4.39 Å². The van der Waals surface area contributed by atoms with Crippen LogP contribution in [0, 0.1) is 12.7 Å². The summed E-state index contributed by atoms with van der Waals surface area (Å²) in [6.45, 7) is 2.10. The summed E-state index contributed by atoms with van der Waals surface area (Å²) in [5, 5.41) is 10.7. The number of benzene rings is 1. The highest BCUT2D eigenvalue weighted by Gasteiger charge is 2.04. The van der Waals surface area contributed by atoms with Crippen molar-refractivity contribution in [1.29, 1.82) is 0 Å². The number of hydrogen-bond donors (Lipinski definition) is 1. The maximum Gasteiger partial charge on any atom is 0.315 e. The van der Waals surface area contributed by atoms with Gasteiger partial charge in [0.25, 0.3) is 0 Å². The summed E-state index contributed by atoms with van der Waals surface area (Å²) >= 11 is 5.85. The number of nitrogens with one attached hydrogen (secondary N) is 1. The maximum atomic E-state index is 12.8. The predicted octanol–water partition coefficient (Wildman–Crippen LogP) is 2.78. The maximum absolute atomic E-state index is 12.8. The zero-order valence-electron chi connectivity index (χ0n) is 8.50. The lowest BCUT2D eigenvalue weighted by molar-refractivity contribution is 0.530. The molecule has 4 nitrogen and oxygen atoms in total. The fourth-order valence-corrected chi connectivity index (χ4v) is 1.44. The largest absolute Gasteiger partial charge is 0.408 e. The molecule has 1 aromatic heterocycles. The highest BCUT2D eigenvalue weighted by Crippen LogP contribution is 2.18. The van der Waals surface area contributed by atoms with Crippen LogP contribution in [0.3, 0.4) is 0 Å². The summed E-state index contributed by atoms with van der Waals surface area (Å²) in [6.07, 6.45) is 0. The molecule has 2 aromatic rings. The van der Waals surface area contributed by atoms with Crippen molar-refractivity contribution in [1.82, 2.24) is 10.2 Å². The molecular weight excluding hydrogens is 233 g/mol. The molecule has 0 fully saturated rings. The minimum absolute atomic E-state index is 0.317. The smallest absolute Gasteiger partial charge is 0.315 e. The topological polar surface area (TPSA) is 51.0 Å². The molecule has 0 saturated heterocycles. The molecule has 2 rings (SSSR count). The van der Waals surface area contributed by atoms with Crippen molar-refractivity contribution in [2.24, 2.45) is 0 Å². The lowest BCUT2D eigenvalue weighted by Gasteiger charge is -2.04. The Morgan fingerprint density at radius 3 is 2.88 bits per heavy atom. The molecule has 0 amide bonds. The average Bonchev–Trinajstić information content (AvgIpc) is 2.63. The van der Waals surface area contributed by atoms with Crippen molar-refractivity contribution in [3.8, 4) is 0 Å². The molecule has 84 valence electrons. The van der Waals surface area contributed by atoms with E-state index in [1.807, 2.05) is 0 Å². The molecule has 0 spiro atoms. The summed E-state index contributed by atoms with van der Waals surface area (Å²) in [5.41, 5.74) is 0.763. The van der Waals surface area contributed by atoms with Crippen LogP contribution in [0.5, 0.6) is 0 Å². The SMILES string of the molecule is Cc1nnc(NCc2ccc(F)cc2Cl)o1. The molecule has 0 aliphatic carbocycles. The van der Waals surface area contributed by atoms with Gasteiger partial charge < -0.3 is 9.73 Å². The quantitative estimate of drug-likeness (QED) is 0.898. The summed E-state index contributed by atoms with van der Waals surface area (Å²) < 4.78 is 17.9. The number of nitrogens with zero attached hydrogens (tertiary/aromatic N) is 2. The molecule has 1 heterocycles. The Hall–Kier alpha value is -1.62. The number of rotatable bonds is 3. The minimum Gasteiger partial charge on any atom is -0.408 e. The van der Waals surface area contributed by atoms with Crippen LogP contribution in [0.4, 0.5) is 10.4 Å². The van der Waals surface area contributed by atoms with E-state index in [0.717, 1.165) is 5.56 Å². The van der Waals surface area contributed by atoms with E-state index in [-0.39, 0.29) is 5.82 Å². The fraction of sp³-hybridized carbons (Fsp3) is 0.200. The van der Waals surface area contributed by atoms with Crippen LogP contribution in [0.2, 0.25) is 5.02 Å². The number of aromatic nitrogens is 2. The van der Waals surface area contributed by atoms with E-state index >= 15 is 0 Å². The summed E-state index contributed by atoms with van der Waals surface area (Å²) in [7, 11) is 0. The van der Waals surface area contributed by atoms with Gasteiger partial charge in [0.05, 0.1) is 0 Å². The van der Waals surface area contributed by atoms with Gasteiger partial charge in [-0.3, -0.25) is 0 Å². The van der Waals surface area contributed by atoms with Crippen LogP contribution in [0.25, 0.3) is 0 Å². The van der Waals surface area contributed by atoms with E-state index < -0.39 is 0 Å². The van der Waals surface area contributed by atoms with E-state index in [4.69, 9.17) is 16.0 Å². The molecule has 0 atom stereocenters. The summed E-state index contributed by atoms with van der Waals surface area (Å²) in [5.74, 6) is 0.120. The van der Waals surface area contributed by atoms with Gasteiger partial charge >= 0.3 is 6.01 Å². The molecular formula is C10H9ClFN3O. The average molecular weight is 242 g/mol. The molecule has 0 aliphatic rings. The molecule has 0 aliphatic heterocycles. The molecule has 0 bridgehead atoms. The number of hydrogen-bond acceptors (Lipinski definition) is 4. The van der Waals surface area contributed by atoms with Crippen LogP contribution in [0.1, 0.15) is 11.5 Å². The van der Waals surface area contributed by atoms with Crippen LogP contribution >= 0.6 is 11.6 Å². The Morgan fingerprint density at radius 2 is 2.25 bits per heavy atom. The Labute approximate surface area is 96.4 Å². The lowest BCUT2D eigenvalue weighted by atomic mass is 10.2. The van der Waals surface area contributed by atoms with Crippen molar-refractivity contribution in [3.63, 3.8) is 0 Å². The zero-order chi connectivity index (χ0) is 11.5. The minimum atomic E-state index is -0.359. The second-order valence-corrected chi connectivity index (χ2v) is 3.62. The van der Waals surface area contributed by atoms with Gasteiger partial charge in [-0.1, -0.05) is 22.8 Å². The first-order valence-electron chi connectivity index (χ1n) is 4.63. The monoisotopic (exact) mass is 241 g/mol. The fourth-order valence-electron chi connectivity index (χ4n) is 1.20. The highest BCUT2D eigenvalue weighted by molar-refractivity contribution is 6.31. The van der Waals surface area contributed by atoms with E-state index in [0.29, 0.717) is 23.5 Å². The van der Waals surface area contributed by atoms with Gasteiger partial charge in [0, 0.05) is 18.5 Å². The Bertz CT molecular complexity index is 501. The molecule has 0 saturated carbocycles. The second-order valence-electron chi connectivity index (χ2n) is 3.22. The Balaban J connectivity index is 2.04. The third-order valence-corrected chi connectivity index (χ3v) is 2.32. The first-order valence-corrected chi connectivity index (χ1v) is 5.01. The summed E-state index contributed by atoms with van der Waals surface area (Å²) in [6, 6.07) is 4.53. The van der Waals surface area contributed by atoms with Crippen molar-refractivity contribution >= 4 is 17.6 Å². The number of halogens is 2. The van der Waals surface area contributed by atoms with Crippen molar-refractivity contribution in [2.45, 2.75) is 13.5 Å². The van der Waals surface area contributed by atoms with Gasteiger partial charge in [-0.15, -0.1) is 5.10 Å². The van der Waals surface area contributed by atoms with Crippen LogP contribution in [-0.4, -0.2) is 10.2 Å². The van der Waals surface area contributed by atoms with Gasteiger partial charge in [-0.2, -0.15) is 0 Å². The van der Waals surface area contributed by atoms with Gasteiger partial charge in [0.1, 0.15) is 5.82 Å². The summed E-state index contributed by atoms with van der Waals surface area (Å²) in [4.78, 5) is 0. The molecule has 16 heavy (non-hydrogen) atoms. The van der Waals surface area contributed by atoms with E-state index in [1.54, 1.807) is 13.0 Å². The van der Waals surface area contributed by atoms with Crippen molar-refractivity contribution in [2.75, 3.05) is 5.32 Å². The van der Waals surface area contributed by atoms with Gasteiger partial charge in [-0.05, 0) is 17.7 Å². The third kappa shape index (κ3) is 2.49. The molecule has 6 heteroatoms. The van der Waals surface area contributed by atoms with Gasteiger partial charge in [0.15, 0.2) is 0 Å². The standard InChI is InChI=1S/C10H9ClFN3O/c1-6-14-15-10(16-6)13-5-7-2-3-8(12)4-9(7)11/h2-4H,5H2,1H3,(H,13,15). The number of aryl methyl sites for hydroxylation is 1. The zero-order valence-corrected chi connectivity index (χ0v) is 9.25. The van der Waals surface area contributed by atoms with Crippen LogP contribution in [-0.2, 0) is 6.54 Å². The van der Waals surface area contributed by atoms with Gasteiger partial charge in [-0.25, -0.2) is 4.39 Å². The van der Waals surface area contributed by atoms with Crippen molar-refractivity contribution < 1.29 is 8.81 Å². The predicted molar refractivity (Wildman–Crippen MR) is 57.8 cm³/mol. The second kappa shape index (κ2) is 4.49. The molecule has 1 N–H and O–H groups in total.